The lowest BCUT2D eigenvalue weighted by Gasteiger charge is -2.16. The van der Waals surface area contributed by atoms with E-state index in [1.165, 1.54) is 7.11 Å². The molecule has 0 radical (unpaired) electrons. The molecule has 0 fully saturated rings. The van der Waals surface area contributed by atoms with Crippen LogP contribution in [0, 0.1) is 0 Å². The molecular weight excluding hydrogens is 346 g/mol. The summed E-state index contributed by atoms with van der Waals surface area (Å²) in [5, 5.41) is 0. The number of pyridine rings is 1. The number of methoxy groups -OCH3 is 1. The van der Waals surface area contributed by atoms with Gasteiger partial charge in [0.15, 0.2) is 0 Å². The summed E-state index contributed by atoms with van der Waals surface area (Å²) in [4.78, 5) is 17.7. The molecule has 0 aliphatic carbocycles. The van der Waals surface area contributed by atoms with Gasteiger partial charge < -0.3 is 4.74 Å². The van der Waals surface area contributed by atoms with Crippen LogP contribution in [0.25, 0.3) is 33.6 Å². The van der Waals surface area contributed by atoms with Crippen LogP contribution < -0.4 is 0 Å². The van der Waals surface area contributed by atoms with Gasteiger partial charge in [-0.2, -0.15) is 0 Å². The van der Waals surface area contributed by atoms with Crippen molar-refractivity contribution < 1.29 is 9.53 Å². The molecule has 0 atom stereocenters. The molecule has 0 saturated carbocycles. The Morgan fingerprint density at radius 2 is 1.21 bits per heavy atom. The Morgan fingerprint density at radius 1 is 0.714 bits per heavy atom. The summed E-state index contributed by atoms with van der Waals surface area (Å²) in [5.74, 6) is -0.398. The third kappa shape index (κ3) is 3.42. The highest BCUT2D eigenvalue weighted by Gasteiger charge is 2.22. The van der Waals surface area contributed by atoms with E-state index in [0.717, 1.165) is 27.9 Å². The van der Waals surface area contributed by atoms with Gasteiger partial charge in [-0.15, -0.1) is 0 Å². The first-order valence-corrected chi connectivity index (χ1v) is 9.07. The van der Waals surface area contributed by atoms with Crippen LogP contribution in [0.15, 0.2) is 97.1 Å². The second kappa shape index (κ2) is 7.89. The van der Waals surface area contributed by atoms with Crippen molar-refractivity contribution in [2.75, 3.05) is 7.11 Å². The number of hydrogen-bond acceptors (Lipinski definition) is 3. The maximum Gasteiger partial charge on any atom is 0.340 e. The van der Waals surface area contributed by atoms with Crippen LogP contribution in [0.3, 0.4) is 0 Å². The standard InChI is InChI=1S/C25H19NO2/c1-28-25(27)23-21(18-11-5-2-6-12-18)17-22(19-13-7-3-8-14-19)26-24(23)20-15-9-4-10-16-20/h2-17H,1H3. The highest BCUT2D eigenvalue weighted by Crippen LogP contribution is 2.35. The first kappa shape index (κ1) is 17.7. The summed E-state index contributed by atoms with van der Waals surface area (Å²) >= 11 is 0. The normalized spacial score (nSPS) is 10.5. The number of nitrogens with zero attached hydrogens (tertiary/aromatic N) is 1. The van der Waals surface area contributed by atoms with Crippen LogP contribution in [0.2, 0.25) is 0 Å². The summed E-state index contributed by atoms with van der Waals surface area (Å²) in [7, 11) is 1.40. The van der Waals surface area contributed by atoms with Gasteiger partial charge in [0.25, 0.3) is 0 Å². The maximum absolute atomic E-state index is 12.8. The first-order chi connectivity index (χ1) is 13.8. The third-order valence-electron chi connectivity index (χ3n) is 4.61. The highest BCUT2D eigenvalue weighted by atomic mass is 16.5. The quantitative estimate of drug-likeness (QED) is 0.425. The van der Waals surface area contributed by atoms with E-state index in [1.807, 2.05) is 97.1 Å². The van der Waals surface area contributed by atoms with Crippen LogP contribution in [0.1, 0.15) is 10.4 Å². The van der Waals surface area contributed by atoms with Gasteiger partial charge in [-0.1, -0.05) is 91.0 Å². The zero-order valence-corrected chi connectivity index (χ0v) is 15.5. The van der Waals surface area contributed by atoms with E-state index in [9.17, 15) is 4.79 Å². The van der Waals surface area contributed by atoms with E-state index in [0.29, 0.717) is 11.3 Å². The van der Waals surface area contributed by atoms with Crippen LogP contribution in [-0.2, 0) is 4.74 Å². The van der Waals surface area contributed by atoms with Crippen LogP contribution >= 0.6 is 0 Å². The van der Waals surface area contributed by atoms with Crippen molar-refractivity contribution in [3.05, 3.63) is 103 Å². The molecule has 3 nitrogen and oxygen atoms in total. The monoisotopic (exact) mass is 365 g/mol. The number of rotatable bonds is 4. The Bertz CT molecular complexity index is 1030. The van der Waals surface area contributed by atoms with Crippen molar-refractivity contribution in [3.8, 4) is 33.6 Å². The first-order valence-electron chi connectivity index (χ1n) is 9.07. The molecule has 4 aromatic rings. The van der Waals surface area contributed by atoms with Gasteiger partial charge in [0.05, 0.1) is 24.1 Å². The Morgan fingerprint density at radius 3 is 1.75 bits per heavy atom. The van der Waals surface area contributed by atoms with E-state index in [2.05, 4.69) is 0 Å². The van der Waals surface area contributed by atoms with Crippen molar-refractivity contribution in [3.63, 3.8) is 0 Å². The summed E-state index contributed by atoms with van der Waals surface area (Å²) in [5.41, 5.74) is 5.52. The lowest BCUT2D eigenvalue weighted by atomic mass is 9.93. The summed E-state index contributed by atoms with van der Waals surface area (Å²) < 4.78 is 5.13. The van der Waals surface area contributed by atoms with Crippen LogP contribution in [0.4, 0.5) is 0 Å². The van der Waals surface area contributed by atoms with Gasteiger partial charge in [0.1, 0.15) is 0 Å². The van der Waals surface area contributed by atoms with E-state index < -0.39 is 5.97 Å². The zero-order chi connectivity index (χ0) is 19.3. The van der Waals surface area contributed by atoms with Crippen molar-refractivity contribution in [1.29, 1.82) is 0 Å². The molecule has 0 aliphatic rings. The molecule has 4 rings (SSSR count). The predicted octanol–water partition coefficient (Wildman–Crippen LogP) is 5.87. The molecule has 136 valence electrons. The molecule has 0 bridgehead atoms. The topological polar surface area (TPSA) is 39.2 Å². The molecule has 0 amide bonds. The van der Waals surface area contributed by atoms with Gasteiger partial charge in [0, 0.05) is 16.7 Å². The van der Waals surface area contributed by atoms with E-state index in [4.69, 9.17) is 9.72 Å². The Labute approximate surface area is 164 Å². The summed E-state index contributed by atoms with van der Waals surface area (Å²) in [6, 6.07) is 31.5. The fourth-order valence-electron chi connectivity index (χ4n) is 3.26. The van der Waals surface area contributed by atoms with Gasteiger partial charge in [0.2, 0.25) is 0 Å². The van der Waals surface area contributed by atoms with E-state index in [-0.39, 0.29) is 0 Å². The SMILES string of the molecule is COC(=O)c1c(-c2ccccc2)cc(-c2ccccc2)nc1-c1ccccc1. The fraction of sp³-hybridized carbons (Fsp3) is 0.0400. The van der Waals surface area contributed by atoms with E-state index >= 15 is 0 Å². The van der Waals surface area contributed by atoms with Crippen molar-refractivity contribution in [2.45, 2.75) is 0 Å². The van der Waals surface area contributed by atoms with Gasteiger partial charge in [-0.3, -0.25) is 0 Å². The molecular formula is C25H19NO2. The molecule has 0 unspecified atom stereocenters. The van der Waals surface area contributed by atoms with Gasteiger partial charge in [-0.25, -0.2) is 9.78 Å². The van der Waals surface area contributed by atoms with Crippen LogP contribution in [-0.4, -0.2) is 18.1 Å². The zero-order valence-electron chi connectivity index (χ0n) is 15.5. The highest BCUT2D eigenvalue weighted by molar-refractivity contribution is 6.04. The molecule has 3 heteroatoms. The van der Waals surface area contributed by atoms with Gasteiger partial charge in [-0.05, 0) is 11.6 Å². The molecule has 1 heterocycles. The Balaban J connectivity index is 2.07. The molecule has 0 saturated heterocycles. The average molecular weight is 365 g/mol. The predicted molar refractivity (Wildman–Crippen MR) is 112 cm³/mol. The molecule has 3 aromatic carbocycles. The number of hydrogen-bond donors (Lipinski definition) is 0. The Hall–Kier alpha value is -3.72. The number of carbonyl (C=O) groups excluding carboxylic acids is 1. The minimum atomic E-state index is -0.398. The number of carbonyl (C=O) groups is 1. The second-order valence-electron chi connectivity index (χ2n) is 6.37. The minimum Gasteiger partial charge on any atom is -0.465 e. The summed E-state index contributed by atoms with van der Waals surface area (Å²) in [6.07, 6.45) is 0. The number of benzene rings is 3. The van der Waals surface area contributed by atoms with Crippen LogP contribution in [0.5, 0.6) is 0 Å². The molecule has 28 heavy (non-hydrogen) atoms. The van der Waals surface area contributed by atoms with E-state index in [1.54, 1.807) is 0 Å². The van der Waals surface area contributed by atoms with Crippen molar-refractivity contribution in [2.24, 2.45) is 0 Å². The maximum atomic E-state index is 12.8. The Kier molecular flexibility index (Phi) is 4.98. The smallest absolute Gasteiger partial charge is 0.340 e. The minimum absolute atomic E-state index is 0.398. The summed E-state index contributed by atoms with van der Waals surface area (Å²) in [6.45, 7) is 0. The van der Waals surface area contributed by atoms with Crippen molar-refractivity contribution in [1.82, 2.24) is 4.98 Å². The third-order valence-corrected chi connectivity index (χ3v) is 4.61. The molecule has 0 N–H and O–H groups in total. The number of ether oxygens (including phenoxy) is 1. The molecule has 0 spiro atoms. The number of esters is 1. The largest absolute Gasteiger partial charge is 0.465 e. The fourth-order valence-corrected chi connectivity index (χ4v) is 3.26. The lowest BCUT2D eigenvalue weighted by Crippen LogP contribution is -2.08. The lowest BCUT2D eigenvalue weighted by molar-refractivity contribution is 0.0602. The second-order valence-corrected chi connectivity index (χ2v) is 6.37. The van der Waals surface area contributed by atoms with Gasteiger partial charge >= 0.3 is 5.97 Å². The van der Waals surface area contributed by atoms with Crippen molar-refractivity contribution >= 4 is 5.97 Å². The molecule has 0 aliphatic heterocycles. The number of aromatic nitrogens is 1. The molecule has 1 aromatic heterocycles. The average Bonchev–Trinajstić information content (AvgIpc) is 2.79.